The second kappa shape index (κ2) is 8.22. The fourth-order valence-corrected chi connectivity index (χ4v) is 3.13. The van der Waals surface area contributed by atoms with Gasteiger partial charge in [0, 0.05) is 29.4 Å². The second-order valence-electron chi connectivity index (χ2n) is 6.31. The molecule has 140 valence electrons. The number of nitrogens with zero attached hydrogens (tertiary/aromatic N) is 1. The molecule has 1 atom stereocenters. The van der Waals surface area contributed by atoms with Gasteiger partial charge in [0.05, 0.1) is 5.92 Å². The molecule has 27 heavy (non-hydrogen) atoms. The molecule has 0 bridgehead atoms. The van der Waals surface area contributed by atoms with E-state index in [9.17, 15) is 14.4 Å². The molecule has 1 aliphatic heterocycles. The fourth-order valence-electron chi connectivity index (χ4n) is 2.96. The van der Waals surface area contributed by atoms with E-state index < -0.39 is 24.4 Å². The van der Waals surface area contributed by atoms with E-state index in [0.29, 0.717) is 16.4 Å². The van der Waals surface area contributed by atoms with Gasteiger partial charge in [0.2, 0.25) is 5.91 Å². The third-order valence-electron chi connectivity index (χ3n) is 4.39. The Balaban J connectivity index is 1.56. The SMILES string of the molecule is Cc1c(Cl)cccc1N1C[C@@H](C(=O)OCC(=O)Nc2ccccc2)CC1=O. The summed E-state index contributed by atoms with van der Waals surface area (Å²) in [4.78, 5) is 38.0. The topological polar surface area (TPSA) is 75.7 Å². The summed E-state index contributed by atoms with van der Waals surface area (Å²) in [6.07, 6.45) is 0.0467. The summed E-state index contributed by atoms with van der Waals surface area (Å²) in [7, 11) is 0. The van der Waals surface area contributed by atoms with E-state index in [1.807, 2.05) is 13.0 Å². The van der Waals surface area contributed by atoms with Crippen molar-refractivity contribution in [2.24, 2.45) is 5.92 Å². The molecule has 1 N–H and O–H groups in total. The number of anilines is 2. The quantitative estimate of drug-likeness (QED) is 0.801. The van der Waals surface area contributed by atoms with Crippen LogP contribution in [0.15, 0.2) is 48.5 Å². The minimum absolute atomic E-state index is 0.0467. The molecule has 0 radical (unpaired) electrons. The van der Waals surface area contributed by atoms with E-state index in [0.717, 1.165) is 5.56 Å². The Morgan fingerprint density at radius 3 is 2.67 bits per heavy atom. The maximum atomic E-state index is 12.3. The average molecular weight is 387 g/mol. The predicted octanol–water partition coefficient (Wildman–Crippen LogP) is 3.18. The zero-order chi connectivity index (χ0) is 19.4. The molecular formula is C20H19ClN2O4. The highest BCUT2D eigenvalue weighted by Gasteiger charge is 2.37. The van der Waals surface area contributed by atoms with Crippen molar-refractivity contribution in [3.63, 3.8) is 0 Å². The second-order valence-corrected chi connectivity index (χ2v) is 6.72. The molecule has 2 amide bonds. The Bertz CT molecular complexity index is 870. The van der Waals surface area contributed by atoms with Crippen molar-refractivity contribution in [1.29, 1.82) is 0 Å². The van der Waals surface area contributed by atoms with Crippen LogP contribution in [0.1, 0.15) is 12.0 Å². The number of nitrogens with one attached hydrogen (secondary N) is 1. The molecule has 1 heterocycles. The van der Waals surface area contributed by atoms with Crippen LogP contribution in [-0.4, -0.2) is 30.9 Å². The van der Waals surface area contributed by atoms with Crippen molar-refractivity contribution in [3.8, 4) is 0 Å². The van der Waals surface area contributed by atoms with Gasteiger partial charge >= 0.3 is 5.97 Å². The summed E-state index contributed by atoms with van der Waals surface area (Å²) < 4.78 is 5.09. The van der Waals surface area contributed by atoms with Gasteiger partial charge in [-0.2, -0.15) is 0 Å². The number of halogens is 1. The lowest BCUT2D eigenvalue weighted by molar-refractivity contribution is -0.151. The van der Waals surface area contributed by atoms with Gasteiger partial charge in [-0.25, -0.2) is 0 Å². The lowest BCUT2D eigenvalue weighted by Gasteiger charge is -2.19. The van der Waals surface area contributed by atoms with Crippen molar-refractivity contribution in [2.45, 2.75) is 13.3 Å². The van der Waals surface area contributed by atoms with Gasteiger partial charge in [-0.15, -0.1) is 0 Å². The summed E-state index contributed by atoms with van der Waals surface area (Å²) in [6, 6.07) is 14.2. The summed E-state index contributed by atoms with van der Waals surface area (Å²) in [5.41, 5.74) is 2.09. The highest BCUT2D eigenvalue weighted by molar-refractivity contribution is 6.31. The molecular weight excluding hydrogens is 368 g/mol. The predicted molar refractivity (Wildman–Crippen MR) is 103 cm³/mol. The van der Waals surface area contributed by atoms with Crippen LogP contribution in [0.3, 0.4) is 0 Å². The van der Waals surface area contributed by atoms with Gasteiger partial charge < -0.3 is 15.0 Å². The Hall–Kier alpha value is -2.86. The average Bonchev–Trinajstić information content (AvgIpc) is 3.04. The number of carbonyl (C=O) groups excluding carboxylic acids is 3. The highest BCUT2D eigenvalue weighted by Crippen LogP contribution is 2.31. The van der Waals surface area contributed by atoms with Crippen LogP contribution in [-0.2, 0) is 19.1 Å². The van der Waals surface area contributed by atoms with Crippen molar-refractivity contribution >= 4 is 40.8 Å². The van der Waals surface area contributed by atoms with Gasteiger partial charge in [0.1, 0.15) is 0 Å². The van der Waals surface area contributed by atoms with Gasteiger partial charge in [-0.3, -0.25) is 14.4 Å². The van der Waals surface area contributed by atoms with Crippen LogP contribution in [0.2, 0.25) is 5.02 Å². The molecule has 6 nitrogen and oxygen atoms in total. The lowest BCUT2D eigenvalue weighted by atomic mass is 10.1. The van der Waals surface area contributed by atoms with Crippen molar-refractivity contribution in [1.82, 2.24) is 0 Å². The fraction of sp³-hybridized carbons (Fsp3) is 0.250. The molecule has 0 saturated carbocycles. The molecule has 1 fully saturated rings. The number of para-hydroxylation sites is 1. The van der Waals surface area contributed by atoms with E-state index in [4.69, 9.17) is 16.3 Å². The van der Waals surface area contributed by atoms with Crippen LogP contribution >= 0.6 is 11.6 Å². The van der Waals surface area contributed by atoms with Gasteiger partial charge in [0.15, 0.2) is 6.61 Å². The van der Waals surface area contributed by atoms with Crippen LogP contribution in [0.5, 0.6) is 0 Å². The van der Waals surface area contributed by atoms with E-state index in [2.05, 4.69) is 5.32 Å². The Labute approximate surface area is 162 Å². The molecule has 7 heteroatoms. The first-order valence-corrected chi connectivity index (χ1v) is 8.90. The summed E-state index contributed by atoms with van der Waals surface area (Å²) in [6.45, 7) is 1.64. The van der Waals surface area contributed by atoms with Gasteiger partial charge in [-0.05, 0) is 36.8 Å². The monoisotopic (exact) mass is 386 g/mol. The van der Waals surface area contributed by atoms with E-state index in [-0.39, 0.29) is 18.9 Å². The smallest absolute Gasteiger partial charge is 0.311 e. The van der Waals surface area contributed by atoms with Crippen LogP contribution in [0.25, 0.3) is 0 Å². The first-order valence-electron chi connectivity index (χ1n) is 8.52. The number of amides is 2. The molecule has 0 spiro atoms. The Morgan fingerprint density at radius 2 is 1.93 bits per heavy atom. The van der Waals surface area contributed by atoms with E-state index >= 15 is 0 Å². The Morgan fingerprint density at radius 1 is 1.19 bits per heavy atom. The Kier molecular flexibility index (Phi) is 5.76. The maximum Gasteiger partial charge on any atom is 0.311 e. The number of hydrogen-bond acceptors (Lipinski definition) is 4. The first-order chi connectivity index (χ1) is 13.0. The van der Waals surface area contributed by atoms with Crippen molar-refractivity contribution in [3.05, 3.63) is 59.1 Å². The normalized spacial score (nSPS) is 16.3. The molecule has 2 aromatic carbocycles. The van der Waals surface area contributed by atoms with Gasteiger partial charge in [-0.1, -0.05) is 35.9 Å². The summed E-state index contributed by atoms with van der Waals surface area (Å²) >= 11 is 6.12. The molecule has 1 saturated heterocycles. The maximum absolute atomic E-state index is 12.3. The van der Waals surface area contributed by atoms with Crippen LogP contribution in [0.4, 0.5) is 11.4 Å². The first kappa shape index (κ1) is 18.9. The molecule has 0 aliphatic carbocycles. The van der Waals surface area contributed by atoms with Crippen LogP contribution in [0, 0.1) is 12.8 Å². The van der Waals surface area contributed by atoms with Gasteiger partial charge in [0.25, 0.3) is 5.91 Å². The zero-order valence-corrected chi connectivity index (χ0v) is 15.5. The minimum atomic E-state index is -0.611. The largest absolute Gasteiger partial charge is 0.455 e. The zero-order valence-electron chi connectivity index (χ0n) is 14.8. The number of hydrogen-bond donors (Lipinski definition) is 1. The third-order valence-corrected chi connectivity index (χ3v) is 4.80. The van der Waals surface area contributed by atoms with E-state index in [1.165, 1.54) is 4.90 Å². The number of benzene rings is 2. The number of carbonyl (C=O) groups is 3. The van der Waals surface area contributed by atoms with Crippen molar-refractivity contribution in [2.75, 3.05) is 23.4 Å². The molecule has 1 aliphatic rings. The molecule has 0 unspecified atom stereocenters. The highest BCUT2D eigenvalue weighted by atomic mass is 35.5. The van der Waals surface area contributed by atoms with E-state index in [1.54, 1.807) is 42.5 Å². The summed E-state index contributed by atoms with van der Waals surface area (Å²) in [5.74, 6) is -1.77. The number of esters is 1. The molecule has 3 rings (SSSR count). The lowest BCUT2D eigenvalue weighted by Crippen LogP contribution is -2.28. The van der Waals surface area contributed by atoms with Crippen LogP contribution < -0.4 is 10.2 Å². The third kappa shape index (κ3) is 4.46. The standard InChI is InChI=1S/C20H19ClN2O4/c1-13-16(21)8-5-9-17(13)23-11-14(10-19(23)25)20(26)27-12-18(24)22-15-6-3-2-4-7-15/h2-9,14H,10-12H2,1H3,(H,22,24)/t14-/m0/s1. The van der Waals surface area contributed by atoms with Crippen molar-refractivity contribution < 1.29 is 19.1 Å². The number of rotatable bonds is 5. The minimum Gasteiger partial charge on any atom is -0.455 e. The molecule has 2 aromatic rings. The summed E-state index contributed by atoms with van der Waals surface area (Å²) in [5, 5.41) is 3.20. The molecule has 0 aromatic heterocycles. The number of ether oxygens (including phenoxy) is 1.